The molecule has 0 aliphatic carbocycles. The first-order valence-corrected chi connectivity index (χ1v) is 11.3. The van der Waals surface area contributed by atoms with Crippen LogP contribution in [0.2, 0.25) is 0 Å². The summed E-state index contributed by atoms with van der Waals surface area (Å²) in [5, 5.41) is 4.33. The average molecular weight is 449 g/mol. The molecular formula is C23H28N8O2. The normalized spacial score (nSPS) is 16.7. The van der Waals surface area contributed by atoms with Crippen molar-refractivity contribution in [2.75, 3.05) is 37.6 Å². The number of carbonyl (C=O) groups is 1. The van der Waals surface area contributed by atoms with Crippen molar-refractivity contribution in [3.8, 4) is 11.3 Å². The van der Waals surface area contributed by atoms with E-state index in [1.165, 1.54) is 6.07 Å². The standard InChI is InChI=1S/C23H28N8O2/c1-16(32)31-7-6-19-20(15-31)26-22(17-12-24-28(2)13-17)23(27-19)30-10-8-29(9-11-30)14-18-4-3-5-21(33)25-18/h3-5,12-13H,6-11,14-15H2,1-2H3,(H,25,33). The first-order chi connectivity index (χ1) is 16.0. The van der Waals surface area contributed by atoms with Crippen molar-refractivity contribution in [3.05, 3.63) is 58.0 Å². The van der Waals surface area contributed by atoms with Crippen molar-refractivity contribution in [2.45, 2.75) is 26.4 Å². The maximum Gasteiger partial charge on any atom is 0.248 e. The van der Waals surface area contributed by atoms with Gasteiger partial charge in [0.15, 0.2) is 5.82 Å². The Morgan fingerprint density at radius 1 is 1.09 bits per heavy atom. The largest absolute Gasteiger partial charge is 0.352 e. The zero-order valence-electron chi connectivity index (χ0n) is 19.0. The van der Waals surface area contributed by atoms with Crippen molar-refractivity contribution in [1.29, 1.82) is 0 Å². The molecule has 0 atom stereocenters. The molecule has 1 amide bonds. The van der Waals surface area contributed by atoms with Gasteiger partial charge in [0.1, 0.15) is 5.69 Å². The summed E-state index contributed by atoms with van der Waals surface area (Å²) in [5.41, 5.74) is 4.43. The smallest absolute Gasteiger partial charge is 0.248 e. The van der Waals surface area contributed by atoms with Gasteiger partial charge in [-0.25, -0.2) is 9.97 Å². The Balaban J connectivity index is 1.39. The lowest BCUT2D eigenvalue weighted by Crippen LogP contribution is -2.47. The van der Waals surface area contributed by atoms with E-state index in [1.54, 1.807) is 17.7 Å². The molecular weight excluding hydrogens is 420 g/mol. The molecule has 0 unspecified atom stereocenters. The molecule has 33 heavy (non-hydrogen) atoms. The first kappa shape index (κ1) is 21.3. The molecule has 10 heteroatoms. The lowest BCUT2D eigenvalue weighted by atomic mass is 10.1. The van der Waals surface area contributed by atoms with E-state index in [0.29, 0.717) is 19.5 Å². The number of hydrogen-bond donors (Lipinski definition) is 1. The van der Waals surface area contributed by atoms with Crippen LogP contribution in [0.4, 0.5) is 5.82 Å². The summed E-state index contributed by atoms with van der Waals surface area (Å²) in [5.74, 6) is 0.941. The molecule has 0 bridgehead atoms. The second-order valence-corrected chi connectivity index (χ2v) is 8.69. The van der Waals surface area contributed by atoms with Crippen molar-refractivity contribution in [1.82, 2.24) is 34.5 Å². The van der Waals surface area contributed by atoms with Crippen LogP contribution >= 0.6 is 0 Å². The molecule has 0 aromatic carbocycles. The third kappa shape index (κ3) is 4.51. The fourth-order valence-electron chi connectivity index (χ4n) is 4.49. The van der Waals surface area contributed by atoms with Crippen molar-refractivity contribution in [2.24, 2.45) is 7.05 Å². The van der Waals surface area contributed by atoms with Crippen LogP contribution in [0.1, 0.15) is 24.0 Å². The Labute approximate surface area is 191 Å². The van der Waals surface area contributed by atoms with Gasteiger partial charge >= 0.3 is 0 Å². The Morgan fingerprint density at radius 2 is 1.91 bits per heavy atom. The SMILES string of the molecule is CC(=O)N1CCc2nc(N3CCN(Cc4cccc(=O)[nH]4)CC3)c(-c3cnn(C)c3)nc2C1. The summed E-state index contributed by atoms with van der Waals surface area (Å²) in [4.78, 5) is 42.9. The highest BCUT2D eigenvalue weighted by molar-refractivity contribution is 5.74. The lowest BCUT2D eigenvalue weighted by molar-refractivity contribution is -0.129. The van der Waals surface area contributed by atoms with E-state index in [9.17, 15) is 9.59 Å². The van der Waals surface area contributed by atoms with Gasteiger partial charge in [-0.15, -0.1) is 0 Å². The maximum absolute atomic E-state index is 11.9. The molecule has 3 aromatic heterocycles. The molecule has 5 heterocycles. The number of nitrogens with zero attached hydrogens (tertiary/aromatic N) is 7. The summed E-state index contributed by atoms with van der Waals surface area (Å²) in [6, 6.07) is 5.28. The molecule has 172 valence electrons. The van der Waals surface area contributed by atoms with Crippen LogP contribution in [0.5, 0.6) is 0 Å². The summed E-state index contributed by atoms with van der Waals surface area (Å²) >= 11 is 0. The molecule has 10 nitrogen and oxygen atoms in total. The topological polar surface area (TPSA) is 103 Å². The number of H-pyrrole nitrogens is 1. The van der Waals surface area contributed by atoms with Crippen LogP contribution in [0.3, 0.4) is 0 Å². The second-order valence-electron chi connectivity index (χ2n) is 8.69. The number of nitrogens with one attached hydrogen (secondary N) is 1. The molecule has 1 saturated heterocycles. The lowest BCUT2D eigenvalue weighted by Gasteiger charge is -2.36. The molecule has 1 N–H and O–H groups in total. The maximum atomic E-state index is 11.9. The minimum atomic E-state index is -0.0695. The summed E-state index contributed by atoms with van der Waals surface area (Å²) < 4.78 is 1.76. The molecule has 2 aliphatic rings. The van der Waals surface area contributed by atoms with E-state index >= 15 is 0 Å². The third-order valence-electron chi connectivity index (χ3n) is 6.31. The Bertz CT molecular complexity index is 1230. The van der Waals surface area contributed by atoms with Crippen molar-refractivity contribution >= 4 is 11.7 Å². The number of rotatable bonds is 4. The van der Waals surface area contributed by atoms with E-state index in [0.717, 1.165) is 66.9 Å². The van der Waals surface area contributed by atoms with E-state index in [2.05, 4.69) is 19.9 Å². The number of carbonyl (C=O) groups excluding carboxylic acids is 1. The number of pyridine rings is 1. The van der Waals surface area contributed by atoms with Crippen LogP contribution in [-0.4, -0.2) is 73.2 Å². The zero-order chi connectivity index (χ0) is 22.9. The van der Waals surface area contributed by atoms with Gasteiger partial charge in [0.05, 0.1) is 24.1 Å². The second kappa shape index (κ2) is 8.78. The molecule has 0 saturated carbocycles. The molecule has 3 aromatic rings. The highest BCUT2D eigenvalue weighted by Crippen LogP contribution is 2.31. The number of aromatic nitrogens is 5. The monoisotopic (exact) mass is 448 g/mol. The molecule has 0 radical (unpaired) electrons. The van der Waals surface area contributed by atoms with Crippen molar-refractivity contribution in [3.63, 3.8) is 0 Å². The van der Waals surface area contributed by atoms with Gasteiger partial charge in [0.2, 0.25) is 11.5 Å². The summed E-state index contributed by atoms with van der Waals surface area (Å²) in [6.07, 6.45) is 4.48. The Hall–Kier alpha value is -3.53. The number of anilines is 1. The fourth-order valence-corrected chi connectivity index (χ4v) is 4.49. The molecule has 5 rings (SSSR count). The number of fused-ring (bicyclic) bond motifs is 1. The highest BCUT2D eigenvalue weighted by Gasteiger charge is 2.27. The molecule has 1 fully saturated rings. The van der Waals surface area contributed by atoms with E-state index < -0.39 is 0 Å². The number of aryl methyl sites for hydroxylation is 1. The Kier molecular flexibility index (Phi) is 5.67. The average Bonchev–Trinajstić information content (AvgIpc) is 3.24. The predicted molar refractivity (Wildman–Crippen MR) is 124 cm³/mol. The van der Waals surface area contributed by atoms with E-state index in [4.69, 9.17) is 9.97 Å². The number of amides is 1. The van der Waals surface area contributed by atoms with E-state index in [-0.39, 0.29) is 11.5 Å². The van der Waals surface area contributed by atoms with Gasteiger partial charge < -0.3 is 14.8 Å². The van der Waals surface area contributed by atoms with E-state index in [1.807, 2.05) is 30.4 Å². The number of piperazine rings is 1. The van der Waals surface area contributed by atoms with Gasteiger partial charge in [0.25, 0.3) is 0 Å². The van der Waals surface area contributed by atoms with Gasteiger partial charge in [-0.3, -0.25) is 19.2 Å². The van der Waals surface area contributed by atoms with Crippen LogP contribution in [0.15, 0.2) is 35.4 Å². The summed E-state index contributed by atoms with van der Waals surface area (Å²) in [7, 11) is 1.89. The predicted octanol–water partition coefficient (Wildman–Crippen LogP) is 0.792. The fraction of sp³-hybridized carbons (Fsp3) is 0.435. The van der Waals surface area contributed by atoms with Crippen LogP contribution in [0.25, 0.3) is 11.3 Å². The Morgan fingerprint density at radius 3 is 2.61 bits per heavy atom. The minimum absolute atomic E-state index is 0.0605. The van der Waals surface area contributed by atoms with Crippen molar-refractivity contribution < 1.29 is 4.79 Å². The quantitative estimate of drug-likeness (QED) is 0.629. The van der Waals surface area contributed by atoms with Gasteiger partial charge in [-0.05, 0) is 6.07 Å². The first-order valence-electron chi connectivity index (χ1n) is 11.3. The van der Waals surface area contributed by atoms with Gasteiger partial charge in [-0.1, -0.05) is 6.07 Å². The van der Waals surface area contributed by atoms with Gasteiger partial charge in [-0.2, -0.15) is 5.10 Å². The van der Waals surface area contributed by atoms with Crippen LogP contribution in [0, 0.1) is 0 Å². The van der Waals surface area contributed by atoms with Crippen LogP contribution < -0.4 is 10.5 Å². The van der Waals surface area contributed by atoms with Gasteiger partial charge in [0, 0.05) is 83.2 Å². The zero-order valence-corrected chi connectivity index (χ0v) is 19.0. The summed E-state index contributed by atoms with van der Waals surface area (Å²) in [6.45, 7) is 6.84. The minimum Gasteiger partial charge on any atom is -0.352 e. The van der Waals surface area contributed by atoms with Crippen LogP contribution in [-0.2, 0) is 31.4 Å². The number of hydrogen-bond acceptors (Lipinski definition) is 7. The molecule has 0 spiro atoms. The number of aromatic amines is 1. The molecule has 2 aliphatic heterocycles. The third-order valence-corrected chi connectivity index (χ3v) is 6.31. The highest BCUT2D eigenvalue weighted by atomic mass is 16.2.